The van der Waals surface area contributed by atoms with Crippen LogP contribution in [-0.2, 0) is 28.0 Å². The predicted octanol–water partition coefficient (Wildman–Crippen LogP) is 2.64. The van der Waals surface area contributed by atoms with E-state index in [1.165, 1.54) is 22.7 Å². The summed E-state index contributed by atoms with van der Waals surface area (Å²) >= 11 is 6.47. The minimum atomic E-state index is -1.29. The molecule has 17 heteroatoms. The number of hydrogen-bond donors (Lipinski definition) is 4. The van der Waals surface area contributed by atoms with Crippen LogP contribution in [0.15, 0.2) is 53.5 Å². The number of rotatable bonds is 9. The van der Waals surface area contributed by atoms with Crippen molar-refractivity contribution < 1.29 is 28.3 Å². The van der Waals surface area contributed by atoms with E-state index in [1.54, 1.807) is 48.3 Å². The molecule has 4 N–H and O–H groups in total. The molecular formula is C35H35ClFN9O6. The number of nitrogens with zero attached hydrogens (tertiary/aromatic N) is 5. The maximum absolute atomic E-state index is 15.7. The van der Waals surface area contributed by atoms with Crippen LogP contribution in [0.2, 0.25) is 5.02 Å². The highest BCUT2D eigenvalue weighted by Gasteiger charge is 2.39. The Kier molecular flexibility index (Phi) is 9.40. The molecule has 4 amide bonds. The Morgan fingerprint density at radius 2 is 1.90 bits per heavy atom. The first-order valence-corrected chi connectivity index (χ1v) is 17.1. The normalized spacial score (nSPS) is 20.1. The average molecular weight is 732 g/mol. The fourth-order valence-corrected chi connectivity index (χ4v) is 6.85. The van der Waals surface area contributed by atoms with Crippen LogP contribution in [-0.4, -0.2) is 88.1 Å². The number of aromatic nitrogens is 3. The first-order valence-electron chi connectivity index (χ1n) is 16.7. The van der Waals surface area contributed by atoms with Crippen molar-refractivity contribution >= 4 is 69.3 Å². The van der Waals surface area contributed by atoms with Crippen molar-refractivity contribution in [3.8, 4) is 5.75 Å². The molecule has 0 aliphatic carbocycles. The minimum Gasteiger partial charge on any atom is -0.478 e. The number of likely N-dealkylation sites (N-methyl/N-ethyl adjacent to an activating group) is 1. The molecule has 0 spiro atoms. The summed E-state index contributed by atoms with van der Waals surface area (Å²) in [5.41, 5.74) is 2.74. The number of piperidine rings is 2. The zero-order valence-electron chi connectivity index (χ0n) is 28.2. The largest absolute Gasteiger partial charge is 0.478 e. The zero-order chi connectivity index (χ0) is 36.7. The molecular weight excluding hydrogens is 697 g/mol. The number of carbonyl (C=O) groups is 4. The molecule has 2 saturated heterocycles. The van der Waals surface area contributed by atoms with Gasteiger partial charge < -0.3 is 35.1 Å². The molecule has 5 heterocycles. The maximum Gasteiger partial charge on any atom is 0.293 e. The van der Waals surface area contributed by atoms with Crippen LogP contribution in [0.1, 0.15) is 35.2 Å². The lowest BCUT2D eigenvalue weighted by molar-refractivity contribution is -0.137. The van der Waals surface area contributed by atoms with Crippen molar-refractivity contribution in [2.75, 3.05) is 42.3 Å². The number of halogens is 2. The zero-order valence-corrected chi connectivity index (χ0v) is 29.0. The van der Waals surface area contributed by atoms with E-state index in [2.05, 4.69) is 31.2 Å². The first-order chi connectivity index (χ1) is 25.0. The van der Waals surface area contributed by atoms with E-state index in [-0.39, 0.29) is 66.6 Å². The van der Waals surface area contributed by atoms with Crippen molar-refractivity contribution in [3.05, 3.63) is 75.2 Å². The van der Waals surface area contributed by atoms with Gasteiger partial charge in [-0.25, -0.2) is 9.37 Å². The Hall–Kier alpha value is -5.77. The SMILES string of the molecule is CNC(=O)COc1cc2cc(Nc3nc(N4CCC(Nc5ccc6c(c5)CN(C5CCC(=O)NC5=O)C6=O)C(F)C4)ncc3Cl)ccc2n(C)c1=O. The molecule has 15 nitrogen and oxygen atoms in total. The molecule has 2 aromatic carbocycles. The van der Waals surface area contributed by atoms with E-state index in [0.717, 1.165) is 5.56 Å². The third-order valence-electron chi connectivity index (χ3n) is 9.52. The second-order valence-electron chi connectivity index (χ2n) is 12.9. The lowest BCUT2D eigenvalue weighted by Gasteiger charge is -2.35. The Morgan fingerprint density at radius 1 is 1.10 bits per heavy atom. The maximum atomic E-state index is 15.7. The van der Waals surface area contributed by atoms with Crippen LogP contribution >= 0.6 is 11.6 Å². The molecule has 3 aliphatic heterocycles. The second kappa shape index (κ2) is 14.1. The number of alkyl halides is 1. The fourth-order valence-electron chi connectivity index (χ4n) is 6.71. The number of fused-ring (bicyclic) bond motifs is 2. The number of aryl methyl sites for hydroxylation is 1. The van der Waals surface area contributed by atoms with E-state index >= 15 is 4.39 Å². The van der Waals surface area contributed by atoms with E-state index in [9.17, 15) is 24.0 Å². The van der Waals surface area contributed by atoms with Crippen LogP contribution in [0, 0.1) is 0 Å². The smallest absolute Gasteiger partial charge is 0.293 e. The monoisotopic (exact) mass is 731 g/mol. The molecule has 52 heavy (non-hydrogen) atoms. The number of carbonyl (C=O) groups excluding carboxylic acids is 4. The molecule has 3 aliphatic rings. The van der Waals surface area contributed by atoms with Crippen molar-refractivity contribution in [3.63, 3.8) is 0 Å². The summed E-state index contributed by atoms with van der Waals surface area (Å²) in [6.45, 7) is 0.402. The number of benzene rings is 2. The molecule has 7 rings (SSSR count). The van der Waals surface area contributed by atoms with Crippen LogP contribution in [0.5, 0.6) is 5.75 Å². The van der Waals surface area contributed by atoms with Crippen molar-refractivity contribution in [1.82, 2.24) is 30.1 Å². The lowest BCUT2D eigenvalue weighted by atomic mass is 10.0. The molecule has 0 saturated carbocycles. The van der Waals surface area contributed by atoms with E-state index in [1.807, 2.05) is 6.07 Å². The summed E-state index contributed by atoms with van der Waals surface area (Å²) in [4.78, 5) is 73.6. The van der Waals surface area contributed by atoms with Crippen LogP contribution < -0.4 is 36.5 Å². The Balaban J connectivity index is 1.01. The second-order valence-corrected chi connectivity index (χ2v) is 13.3. The number of nitrogens with one attached hydrogen (secondary N) is 4. The van der Waals surface area contributed by atoms with E-state index < -0.39 is 24.2 Å². The summed E-state index contributed by atoms with van der Waals surface area (Å²) in [6, 6.07) is 10.9. The van der Waals surface area contributed by atoms with Gasteiger partial charge in [-0.05, 0) is 60.9 Å². The van der Waals surface area contributed by atoms with E-state index in [0.29, 0.717) is 52.6 Å². The Bertz CT molecular complexity index is 2180. The van der Waals surface area contributed by atoms with Crippen molar-refractivity contribution in [2.45, 2.75) is 44.1 Å². The third kappa shape index (κ3) is 6.80. The Labute approximate surface area is 301 Å². The van der Waals surface area contributed by atoms with Gasteiger partial charge in [-0.3, -0.25) is 29.3 Å². The predicted molar refractivity (Wildman–Crippen MR) is 191 cm³/mol. The standard InChI is InChI=1S/C35H35ClFN9O6/c1-38-30(48)17-52-28-13-18-11-21(4-6-26(18)44(2)34(28)51)41-31-23(36)14-39-35(43-31)45-10-9-25(24(37)16-45)40-20-3-5-22-19(12-20)15-46(33(22)50)27-7-8-29(47)42-32(27)49/h3-6,11-14,24-25,27,40H,7-10,15-17H2,1-2H3,(H,38,48)(H,39,41,43)(H,42,47,49). The Morgan fingerprint density at radius 3 is 2.67 bits per heavy atom. The van der Waals surface area contributed by atoms with Crippen LogP contribution in [0.4, 0.5) is 27.5 Å². The summed E-state index contributed by atoms with van der Waals surface area (Å²) in [7, 11) is 3.09. The number of amides is 4. The van der Waals surface area contributed by atoms with Gasteiger partial charge in [-0.15, -0.1) is 0 Å². The average Bonchev–Trinajstić information content (AvgIpc) is 3.45. The van der Waals surface area contributed by atoms with Gasteiger partial charge in [-0.2, -0.15) is 4.98 Å². The van der Waals surface area contributed by atoms with Gasteiger partial charge in [0.15, 0.2) is 18.2 Å². The van der Waals surface area contributed by atoms with Gasteiger partial charge in [0.05, 0.1) is 24.3 Å². The van der Waals surface area contributed by atoms with Gasteiger partial charge in [0.25, 0.3) is 17.4 Å². The molecule has 3 unspecified atom stereocenters. The summed E-state index contributed by atoms with van der Waals surface area (Å²) in [6.07, 6.45) is 1.04. The first kappa shape index (κ1) is 34.7. The van der Waals surface area contributed by atoms with Crippen molar-refractivity contribution in [1.29, 1.82) is 0 Å². The van der Waals surface area contributed by atoms with Gasteiger partial charge >= 0.3 is 0 Å². The molecule has 0 radical (unpaired) electrons. The van der Waals surface area contributed by atoms with Crippen LogP contribution in [0.25, 0.3) is 10.9 Å². The van der Waals surface area contributed by atoms with E-state index in [4.69, 9.17) is 16.3 Å². The minimum absolute atomic E-state index is 0.0221. The molecule has 3 atom stereocenters. The summed E-state index contributed by atoms with van der Waals surface area (Å²) in [5.74, 6) is -0.824. The third-order valence-corrected chi connectivity index (χ3v) is 9.80. The highest BCUT2D eigenvalue weighted by Crippen LogP contribution is 2.32. The number of imide groups is 1. The van der Waals surface area contributed by atoms with Gasteiger partial charge in [0.2, 0.25) is 17.8 Å². The van der Waals surface area contributed by atoms with Gasteiger partial charge in [0.1, 0.15) is 17.2 Å². The highest BCUT2D eigenvalue weighted by molar-refractivity contribution is 6.33. The number of ether oxygens (including phenoxy) is 1. The topological polar surface area (TPSA) is 180 Å². The fraction of sp³-hybridized carbons (Fsp3) is 0.343. The van der Waals surface area contributed by atoms with Gasteiger partial charge in [-0.1, -0.05) is 11.6 Å². The molecule has 2 fully saturated rings. The number of hydrogen-bond acceptors (Lipinski definition) is 11. The lowest BCUT2D eigenvalue weighted by Crippen LogP contribution is -2.52. The summed E-state index contributed by atoms with van der Waals surface area (Å²) in [5, 5.41) is 12.1. The van der Waals surface area contributed by atoms with Crippen molar-refractivity contribution in [2.24, 2.45) is 7.05 Å². The molecule has 270 valence electrons. The number of pyridine rings is 1. The molecule has 0 bridgehead atoms. The molecule has 2 aromatic heterocycles. The van der Waals surface area contributed by atoms with Gasteiger partial charge in [0, 0.05) is 55.9 Å². The summed E-state index contributed by atoms with van der Waals surface area (Å²) < 4.78 is 22.6. The van der Waals surface area contributed by atoms with Crippen LogP contribution in [0.3, 0.4) is 0 Å². The highest BCUT2D eigenvalue weighted by atomic mass is 35.5. The quantitative estimate of drug-likeness (QED) is 0.186. The number of anilines is 4. The molecule has 4 aromatic rings.